The first-order valence-electron chi connectivity index (χ1n) is 10.8. The molecule has 3 amide bonds. The fourth-order valence-corrected chi connectivity index (χ4v) is 5.22. The molecule has 1 saturated carbocycles. The quantitative estimate of drug-likeness (QED) is 0.522. The number of rotatable bonds is 10. The minimum atomic E-state index is -3.45. The number of imide groups is 1. The van der Waals surface area contributed by atoms with Crippen LogP contribution in [0.3, 0.4) is 0 Å². The molecule has 1 aliphatic heterocycles. The lowest BCUT2D eigenvalue weighted by atomic mass is 10.0. The van der Waals surface area contributed by atoms with E-state index in [1.807, 2.05) is 0 Å². The number of nitrogens with one attached hydrogen (secondary N) is 1. The molecule has 1 saturated heterocycles. The van der Waals surface area contributed by atoms with Crippen molar-refractivity contribution >= 4 is 27.6 Å². The summed E-state index contributed by atoms with van der Waals surface area (Å²) in [5.41, 5.74) is 1.28. The molecule has 11 heteroatoms. The van der Waals surface area contributed by atoms with Gasteiger partial charge in [-0.1, -0.05) is 13.0 Å². The minimum Gasteiger partial charge on any atom is -0.490 e. The van der Waals surface area contributed by atoms with Gasteiger partial charge in [0.25, 0.3) is 0 Å². The highest BCUT2D eigenvalue weighted by Gasteiger charge is 2.29. The lowest BCUT2D eigenvalue weighted by Gasteiger charge is -2.15. The maximum Gasteiger partial charge on any atom is 0.330 e. The van der Waals surface area contributed by atoms with Crippen molar-refractivity contribution in [3.63, 3.8) is 0 Å². The largest absolute Gasteiger partial charge is 0.490 e. The minimum absolute atomic E-state index is 0.102. The van der Waals surface area contributed by atoms with Gasteiger partial charge < -0.3 is 4.74 Å². The number of anilines is 1. The van der Waals surface area contributed by atoms with Gasteiger partial charge in [0.15, 0.2) is 27.2 Å². The average molecular weight is 477 g/mol. The van der Waals surface area contributed by atoms with Crippen molar-refractivity contribution in [1.29, 1.82) is 0 Å². The van der Waals surface area contributed by atoms with Crippen molar-refractivity contribution in [2.24, 2.45) is 5.92 Å². The first kappa shape index (κ1) is 23.1. The number of benzene rings is 1. The van der Waals surface area contributed by atoms with E-state index in [0.717, 1.165) is 17.7 Å². The number of urea groups is 1. The Morgan fingerprint density at radius 3 is 2.76 bits per heavy atom. The van der Waals surface area contributed by atoms with Crippen LogP contribution in [0, 0.1) is 11.7 Å². The number of carbonyl (C=O) groups is 2. The smallest absolute Gasteiger partial charge is 0.330 e. The van der Waals surface area contributed by atoms with Gasteiger partial charge in [0, 0.05) is 0 Å². The van der Waals surface area contributed by atoms with E-state index >= 15 is 0 Å². The van der Waals surface area contributed by atoms with E-state index in [1.54, 1.807) is 25.1 Å². The number of hydrogen-bond acceptors (Lipinski definition) is 7. The van der Waals surface area contributed by atoms with Crippen LogP contribution in [0.1, 0.15) is 36.8 Å². The molecule has 0 unspecified atom stereocenters. The molecular weight excluding hydrogens is 451 g/mol. The first-order chi connectivity index (χ1) is 15.7. The summed E-state index contributed by atoms with van der Waals surface area (Å²) in [6.45, 7) is 2.10. The Labute approximate surface area is 191 Å². The Hall–Kier alpha value is -3.08. The van der Waals surface area contributed by atoms with E-state index < -0.39 is 27.6 Å². The highest BCUT2D eigenvalue weighted by Crippen LogP contribution is 2.31. The molecule has 4 rings (SSSR count). The normalized spacial score (nSPS) is 17.2. The van der Waals surface area contributed by atoms with Crippen LogP contribution >= 0.6 is 0 Å². The fourth-order valence-electron chi connectivity index (χ4n) is 3.55. The zero-order valence-electron chi connectivity index (χ0n) is 18.2. The second-order valence-electron chi connectivity index (χ2n) is 8.57. The standard InChI is InChI=1S/C22H25FN4O5S/c1-14(17-4-5-18(23)19(9-17)32-12-15-2-3-15)13-33(30,31)7-6-16-8-20(26-24-10-16)27-11-21(28)25-22(27)29/h4-5,8-10,14-15H,2-3,6-7,11-13H2,1H3,(H,25,28,29)/t14-/m0/s1. The van der Waals surface area contributed by atoms with Crippen LogP contribution in [0.2, 0.25) is 0 Å². The summed E-state index contributed by atoms with van der Waals surface area (Å²) in [6, 6.07) is 5.44. The van der Waals surface area contributed by atoms with E-state index in [0.29, 0.717) is 23.7 Å². The predicted octanol–water partition coefficient (Wildman–Crippen LogP) is 2.22. The molecular formula is C22H25FN4O5S. The molecule has 1 atom stereocenters. The topological polar surface area (TPSA) is 119 Å². The van der Waals surface area contributed by atoms with E-state index in [-0.39, 0.29) is 42.0 Å². The summed E-state index contributed by atoms with van der Waals surface area (Å²) in [6.07, 6.45) is 3.80. The second-order valence-corrected chi connectivity index (χ2v) is 10.8. The van der Waals surface area contributed by atoms with E-state index in [4.69, 9.17) is 4.74 Å². The maximum atomic E-state index is 14.0. The number of ether oxygens (including phenoxy) is 1. The fraction of sp³-hybridized carbons (Fsp3) is 0.455. The van der Waals surface area contributed by atoms with Crippen LogP contribution < -0.4 is 15.0 Å². The molecule has 1 N–H and O–H groups in total. The van der Waals surface area contributed by atoms with Crippen molar-refractivity contribution in [2.75, 3.05) is 29.6 Å². The van der Waals surface area contributed by atoms with Gasteiger partial charge in [-0.2, -0.15) is 5.10 Å². The third-order valence-corrected chi connectivity index (χ3v) is 7.50. The first-order valence-corrected chi connectivity index (χ1v) is 12.6. The Kier molecular flexibility index (Phi) is 6.59. The Morgan fingerprint density at radius 1 is 1.27 bits per heavy atom. The molecule has 2 heterocycles. The molecule has 2 fully saturated rings. The number of aryl methyl sites for hydroxylation is 1. The van der Waals surface area contributed by atoms with Gasteiger partial charge in [0.05, 0.1) is 24.3 Å². The molecule has 176 valence electrons. The number of sulfone groups is 1. The van der Waals surface area contributed by atoms with Crippen molar-refractivity contribution in [3.8, 4) is 5.75 Å². The molecule has 1 aromatic heterocycles. The molecule has 33 heavy (non-hydrogen) atoms. The van der Waals surface area contributed by atoms with E-state index in [2.05, 4.69) is 15.5 Å². The number of carbonyl (C=O) groups excluding carboxylic acids is 2. The van der Waals surface area contributed by atoms with Crippen LogP contribution in [0.25, 0.3) is 0 Å². The summed E-state index contributed by atoms with van der Waals surface area (Å²) in [7, 11) is -3.45. The van der Waals surface area contributed by atoms with Gasteiger partial charge in [-0.05, 0) is 60.4 Å². The van der Waals surface area contributed by atoms with Gasteiger partial charge in [0.1, 0.15) is 6.54 Å². The van der Waals surface area contributed by atoms with Crippen molar-refractivity contribution < 1.29 is 27.1 Å². The summed E-state index contributed by atoms with van der Waals surface area (Å²) in [5.74, 6) is -0.641. The van der Waals surface area contributed by atoms with Crippen LogP contribution in [0.5, 0.6) is 5.75 Å². The summed E-state index contributed by atoms with van der Waals surface area (Å²) >= 11 is 0. The molecule has 2 aromatic rings. The number of amides is 3. The summed E-state index contributed by atoms with van der Waals surface area (Å²) < 4.78 is 45.1. The molecule has 1 aliphatic carbocycles. The molecule has 2 aliphatic rings. The van der Waals surface area contributed by atoms with Gasteiger partial charge in [-0.15, -0.1) is 5.10 Å². The van der Waals surface area contributed by atoms with Gasteiger partial charge >= 0.3 is 6.03 Å². The van der Waals surface area contributed by atoms with Crippen LogP contribution in [-0.4, -0.2) is 55.2 Å². The van der Waals surface area contributed by atoms with Crippen LogP contribution in [0.15, 0.2) is 30.5 Å². The predicted molar refractivity (Wildman–Crippen MR) is 118 cm³/mol. The van der Waals surface area contributed by atoms with Crippen LogP contribution in [-0.2, 0) is 21.1 Å². The lowest BCUT2D eigenvalue weighted by Crippen LogP contribution is -2.29. The average Bonchev–Trinajstić information content (AvgIpc) is 3.53. The van der Waals surface area contributed by atoms with Gasteiger partial charge in [-0.3, -0.25) is 15.0 Å². The third-order valence-electron chi connectivity index (χ3n) is 5.67. The zero-order valence-corrected chi connectivity index (χ0v) is 19.0. The highest BCUT2D eigenvalue weighted by atomic mass is 32.2. The summed E-state index contributed by atoms with van der Waals surface area (Å²) in [4.78, 5) is 24.3. The van der Waals surface area contributed by atoms with E-state index in [9.17, 15) is 22.4 Å². The van der Waals surface area contributed by atoms with Crippen LogP contribution in [0.4, 0.5) is 15.0 Å². The SMILES string of the molecule is C[C@@H](CS(=O)(=O)CCc1cnnc(N2CC(=O)NC2=O)c1)c1ccc(F)c(OCC2CC2)c1. The number of nitrogens with zero attached hydrogens (tertiary/aromatic N) is 3. The Bertz CT molecular complexity index is 1170. The molecule has 9 nitrogen and oxygen atoms in total. The Morgan fingerprint density at radius 2 is 2.06 bits per heavy atom. The number of hydrogen-bond donors (Lipinski definition) is 1. The van der Waals surface area contributed by atoms with Gasteiger partial charge in [-0.25, -0.2) is 17.6 Å². The molecule has 0 radical (unpaired) electrons. The zero-order chi connectivity index (χ0) is 23.6. The third kappa shape index (κ3) is 6.04. The second kappa shape index (κ2) is 9.42. The lowest BCUT2D eigenvalue weighted by molar-refractivity contribution is -0.117. The summed E-state index contributed by atoms with van der Waals surface area (Å²) in [5, 5.41) is 9.83. The Balaban J connectivity index is 1.36. The molecule has 1 aromatic carbocycles. The number of aromatic nitrogens is 2. The maximum absolute atomic E-state index is 14.0. The van der Waals surface area contributed by atoms with Crippen molar-refractivity contribution in [3.05, 3.63) is 47.4 Å². The van der Waals surface area contributed by atoms with Gasteiger partial charge in [0.2, 0.25) is 5.91 Å². The molecule has 0 spiro atoms. The highest BCUT2D eigenvalue weighted by molar-refractivity contribution is 7.91. The van der Waals surface area contributed by atoms with Crippen molar-refractivity contribution in [2.45, 2.75) is 32.1 Å². The van der Waals surface area contributed by atoms with E-state index in [1.165, 1.54) is 12.3 Å². The number of halogens is 1. The monoisotopic (exact) mass is 476 g/mol. The molecule has 0 bridgehead atoms. The van der Waals surface area contributed by atoms with Crippen molar-refractivity contribution in [1.82, 2.24) is 15.5 Å².